The predicted molar refractivity (Wildman–Crippen MR) is 42.1 cm³/mol. The molecular weight excluding hydrogens is 156 g/mol. The first-order valence-corrected chi connectivity index (χ1v) is 3.91. The SMILES string of the molecule is CC(C)NC(=O)C1(C#N)COC1. The third-order valence-corrected chi connectivity index (χ3v) is 1.77. The third-order valence-electron chi connectivity index (χ3n) is 1.77. The molecule has 1 N–H and O–H groups in total. The van der Waals surface area contributed by atoms with Gasteiger partial charge in [-0.05, 0) is 13.8 Å². The second kappa shape index (κ2) is 3.11. The predicted octanol–water partition coefficient (Wildman–Crippen LogP) is 0.0512. The van der Waals surface area contributed by atoms with Gasteiger partial charge in [-0.15, -0.1) is 0 Å². The molecule has 1 aliphatic heterocycles. The van der Waals surface area contributed by atoms with Crippen LogP contribution in [0.5, 0.6) is 0 Å². The highest BCUT2D eigenvalue weighted by Gasteiger charge is 2.46. The van der Waals surface area contributed by atoms with E-state index in [1.807, 2.05) is 19.9 Å². The molecule has 1 rings (SSSR count). The molecule has 1 fully saturated rings. The standard InChI is InChI=1S/C8H12N2O2/c1-6(2)10-7(11)8(3-9)4-12-5-8/h6H,4-5H2,1-2H3,(H,10,11). The largest absolute Gasteiger partial charge is 0.377 e. The van der Waals surface area contributed by atoms with E-state index >= 15 is 0 Å². The Morgan fingerprint density at radius 1 is 1.67 bits per heavy atom. The lowest BCUT2D eigenvalue weighted by Gasteiger charge is -2.33. The zero-order chi connectivity index (χ0) is 9.19. The fourth-order valence-electron chi connectivity index (χ4n) is 0.953. The van der Waals surface area contributed by atoms with Gasteiger partial charge in [-0.3, -0.25) is 4.79 Å². The Labute approximate surface area is 71.5 Å². The smallest absolute Gasteiger partial charge is 0.245 e. The third kappa shape index (κ3) is 1.41. The van der Waals surface area contributed by atoms with Crippen LogP contribution in [0.3, 0.4) is 0 Å². The Hall–Kier alpha value is -1.08. The van der Waals surface area contributed by atoms with Crippen LogP contribution in [0.15, 0.2) is 0 Å². The highest BCUT2D eigenvalue weighted by molar-refractivity contribution is 5.86. The second-order valence-electron chi connectivity index (χ2n) is 3.31. The molecule has 12 heavy (non-hydrogen) atoms. The van der Waals surface area contributed by atoms with Gasteiger partial charge in [0.15, 0.2) is 5.41 Å². The minimum Gasteiger partial charge on any atom is -0.377 e. The van der Waals surface area contributed by atoms with Crippen molar-refractivity contribution in [3.63, 3.8) is 0 Å². The Morgan fingerprint density at radius 2 is 2.25 bits per heavy atom. The van der Waals surface area contributed by atoms with Gasteiger partial charge in [-0.2, -0.15) is 5.26 Å². The number of nitrogens with zero attached hydrogens (tertiary/aromatic N) is 1. The molecule has 4 heteroatoms. The molecule has 1 heterocycles. The van der Waals surface area contributed by atoms with Crippen LogP contribution in [0.25, 0.3) is 0 Å². The molecule has 66 valence electrons. The molecule has 0 atom stereocenters. The summed E-state index contributed by atoms with van der Waals surface area (Å²) in [6, 6.07) is 2.06. The molecule has 0 unspecified atom stereocenters. The van der Waals surface area contributed by atoms with Crippen LogP contribution in [-0.4, -0.2) is 25.2 Å². The maximum absolute atomic E-state index is 11.4. The fourth-order valence-corrected chi connectivity index (χ4v) is 0.953. The van der Waals surface area contributed by atoms with Crippen LogP contribution < -0.4 is 5.32 Å². The average molecular weight is 168 g/mol. The topological polar surface area (TPSA) is 62.1 Å². The lowest BCUT2D eigenvalue weighted by molar-refractivity contribution is -0.150. The Balaban J connectivity index is 2.57. The van der Waals surface area contributed by atoms with Crippen LogP contribution in [0.1, 0.15) is 13.8 Å². The van der Waals surface area contributed by atoms with Crippen LogP contribution in [0, 0.1) is 16.7 Å². The molecule has 0 saturated carbocycles. The van der Waals surface area contributed by atoms with E-state index in [9.17, 15) is 4.79 Å². The molecule has 1 saturated heterocycles. The Kier molecular flexibility index (Phi) is 2.34. The maximum atomic E-state index is 11.4. The molecule has 0 aliphatic carbocycles. The van der Waals surface area contributed by atoms with Crippen molar-refractivity contribution in [3.05, 3.63) is 0 Å². The summed E-state index contributed by atoms with van der Waals surface area (Å²) in [4.78, 5) is 11.4. The normalized spacial score (nSPS) is 19.5. The number of nitriles is 1. The van der Waals surface area contributed by atoms with Crippen molar-refractivity contribution in [1.29, 1.82) is 5.26 Å². The molecule has 1 amide bonds. The molecule has 0 radical (unpaired) electrons. The molecule has 0 spiro atoms. The van der Waals surface area contributed by atoms with Crippen LogP contribution in [-0.2, 0) is 9.53 Å². The zero-order valence-electron chi connectivity index (χ0n) is 7.26. The van der Waals surface area contributed by atoms with Gasteiger partial charge < -0.3 is 10.1 Å². The van der Waals surface area contributed by atoms with Crippen LogP contribution in [0.4, 0.5) is 0 Å². The van der Waals surface area contributed by atoms with E-state index in [4.69, 9.17) is 10.00 Å². The van der Waals surface area contributed by atoms with Crippen molar-refractivity contribution in [3.8, 4) is 6.07 Å². The van der Waals surface area contributed by atoms with Gasteiger partial charge in [0.05, 0.1) is 19.3 Å². The van der Waals surface area contributed by atoms with Gasteiger partial charge in [-0.1, -0.05) is 0 Å². The summed E-state index contributed by atoms with van der Waals surface area (Å²) in [7, 11) is 0. The number of carbonyl (C=O) groups excluding carboxylic acids is 1. The number of amides is 1. The van der Waals surface area contributed by atoms with E-state index in [1.165, 1.54) is 0 Å². The fraction of sp³-hybridized carbons (Fsp3) is 0.750. The van der Waals surface area contributed by atoms with E-state index in [-0.39, 0.29) is 25.2 Å². The summed E-state index contributed by atoms with van der Waals surface area (Å²) in [6.45, 7) is 4.18. The first-order valence-electron chi connectivity index (χ1n) is 3.91. The quantitative estimate of drug-likeness (QED) is 0.633. The Bertz CT molecular complexity index is 226. The summed E-state index contributed by atoms with van der Waals surface area (Å²) in [5.41, 5.74) is -0.912. The number of nitrogens with one attached hydrogen (secondary N) is 1. The Morgan fingerprint density at radius 3 is 2.50 bits per heavy atom. The van der Waals surface area contributed by atoms with E-state index < -0.39 is 5.41 Å². The van der Waals surface area contributed by atoms with Gasteiger partial charge >= 0.3 is 0 Å². The first kappa shape index (κ1) is 9.01. The summed E-state index contributed by atoms with van der Waals surface area (Å²) in [5, 5.41) is 11.4. The summed E-state index contributed by atoms with van der Waals surface area (Å²) in [5.74, 6) is -0.216. The van der Waals surface area contributed by atoms with Gasteiger partial charge in [-0.25, -0.2) is 0 Å². The van der Waals surface area contributed by atoms with Crippen LogP contribution in [0.2, 0.25) is 0 Å². The van der Waals surface area contributed by atoms with Crippen molar-refractivity contribution in [1.82, 2.24) is 5.32 Å². The zero-order valence-corrected chi connectivity index (χ0v) is 7.26. The van der Waals surface area contributed by atoms with E-state index in [1.54, 1.807) is 0 Å². The number of ether oxygens (including phenoxy) is 1. The summed E-state index contributed by atoms with van der Waals surface area (Å²) in [6.07, 6.45) is 0. The minimum absolute atomic E-state index is 0.0725. The molecule has 0 aromatic carbocycles. The van der Waals surface area contributed by atoms with E-state index in [2.05, 4.69) is 5.32 Å². The molecule has 0 bridgehead atoms. The summed E-state index contributed by atoms with van der Waals surface area (Å²) >= 11 is 0. The van der Waals surface area contributed by atoms with Crippen molar-refractivity contribution in [2.45, 2.75) is 19.9 Å². The van der Waals surface area contributed by atoms with Gasteiger partial charge in [0.1, 0.15) is 0 Å². The summed E-state index contributed by atoms with van der Waals surface area (Å²) < 4.78 is 4.85. The maximum Gasteiger partial charge on any atom is 0.245 e. The average Bonchev–Trinajstić information content (AvgIpc) is 1.83. The molecule has 0 aromatic rings. The van der Waals surface area contributed by atoms with Crippen molar-refractivity contribution < 1.29 is 9.53 Å². The van der Waals surface area contributed by atoms with Crippen molar-refractivity contribution in [2.24, 2.45) is 5.41 Å². The van der Waals surface area contributed by atoms with Gasteiger partial charge in [0.25, 0.3) is 0 Å². The minimum atomic E-state index is -0.912. The highest BCUT2D eigenvalue weighted by Crippen LogP contribution is 2.26. The molecular formula is C8H12N2O2. The van der Waals surface area contributed by atoms with Crippen molar-refractivity contribution >= 4 is 5.91 Å². The van der Waals surface area contributed by atoms with Crippen molar-refractivity contribution in [2.75, 3.05) is 13.2 Å². The number of hydrogen-bond acceptors (Lipinski definition) is 3. The molecule has 4 nitrogen and oxygen atoms in total. The highest BCUT2D eigenvalue weighted by atomic mass is 16.5. The monoisotopic (exact) mass is 168 g/mol. The van der Waals surface area contributed by atoms with Gasteiger partial charge in [0.2, 0.25) is 5.91 Å². The van der Waals surface area contributed by atoms with Gasteiger partial charge in [0, 0.05) is 6.04 Å². The lowest BCUT2D eigenvalue weighted by Crippen LogP contribution is -2.54. The lowest BCUT2D eigenvalue weighted by atomic mass is 9.86. The second-order valence-corrected chi connectivity index (χ2v) is 3.31. The first-order chi connectivity index (χ1) is 5.60. The van der Waals surface area contributed by atoms with E-state index in [0.29, 0.717) is 0 Å². The van der Waals surface area contributed by atoms with E-state index in [0.717, 1.165) is 0 Å². The molecule has 0 aromatic heterocycles. The number of hydrogen-bond donors (Lipinski definition) is 1. The van der Waals surface area contributed by atoms with Crippen LogP contribution >= 0.6 is 0 Å². The molecule has 1 aliphatic rings. The number of rotatable bonds is 2. The number of carbonyl (C=O) groups is 1.